The van der Waals surface area contributed by atoms with E-state index in [0.29, 0.717) is 28.3 Å². The number of nitrogens with zero attached hydrogens (tertiary/aromatic N) is 2. The summed E-state index contributed by atoms with van der Waals surface area (Å²) < 4.78 is 27.4. The molecule has 1 heterocycles. The molecule has 0 aliphatic heterocycles. The van der Waals surface area contributed by atoms with E-state index in [1.165, 1.54) is 0 Å². The topological polar surface area (TPSA) is 96.8 Å². The van der Waals surface area contributed by atoms with Crippen molar-refractivity contribution in [2.45, 2.75) is 30.7 Å². The molecule has 0 aliphatic carbocycles. The van der Waals surface area contributed by atoms with Gasteiger partial charge in [-0.2, -0.15) is 5.10 Å². The fourth-order valence-corrected chi connectivity index (χ4v) is 4.44. The third kappa shape index (κ3) is 4.55. The normalized spacial score (nSPS) is 11.3. The zero-order valence-corrected chi connectivity index (χ0v) is 16.9. The molecular formula is C19H20N4O3S2. The van der Waals surface area contributed by atoms with Gasteiger partial charge in [0.05, 0.1) is 17.2 Å². The van der Waals surface area contributed by atoms with E-state index in [1.807, 2.05) is 6.92 Å². The molecule has 9 heteroatoms. The van der Waals surface area contributed by atoms with Crippen LogP contribution < -0.4 is 5.32 Å². The summed E-state index contributed by atoms with van der Waals surface area (Å²) in [5, 5.41) is 9.59. The lowest BCUT2D eigenvalue weighted by Crippen LogP contribution is -2.25. The summed E-state index contributed by atoms with van der Waals surface area (Å²) in [5.74, 6) is 0.145. The molecule has 2 aromatic carbocycles. The molecule has 0 saturated carbocycles. The first-order valence-electron chi connectivity index (χ1n) is 8.69. The molecule has 0 radical (unpaired) electrons. The van der Waals surface area contributed by atoms with Crippen LogP contribution in [0.15, 0.2) is 59.5 Å². The standard InChI is InChI=1S/C19H20N4O3S2/c1-2-23-17(21-22-19(23)27)12-20-18(24)15-8-6-7-14(11-15)13-28(25,26)16-9-4-3-5-10-16/h3-11H,2,12-13H2,1H3,(H,20,24)(H,22,27). The molecule has 3 aromatic rings. The zero-order chi connectivity index (χ0) is 20.1. The first kappa shape index (κ1) is 20.0. The zero-order valence-electron chi connectivity index (χ0n) is 15.3. The maximum atomic E-state index is 12.5. The third-order valence-corrected chi connectivity index (χ3v) is 6.22. The summed E-state index contributed by atoms with van der Waals surface area (Å²) in [7, 11) is -3.48. The summed E-state index contributed by atoms with van der Waals surface area (Å²) in [6, 6.07) is 14.9. The van der Waals surface area contributed by atoms with Crippen molar-refractivity contribution in [1.82, 2.24) is 20.1 Å². The van der Waals surface area contributed by atoms with Crippen LogP contribution in [0.4, 0.5) is 0 Å². The minimum absolute atomic E-state index is 0.174. The number of rotatable bonds is 7. The molecule has 1 amide bonds. The molecule has 146 valence electrons. The Hall–Kier alpha value is -2.78. The monoisotopic (exact) mass is 416 g/mol. The van der Waals surface area contributed by atoms with Gasteiger partial charge in [0.15, 0.2) is 20.4 Å². The van der Waals surface area contributed by atoms with E-state index >= 15 is 0 Å². The van der Waals surface area contributed by atoms with Crippen LogP contribution in [0.2, 0.25) is 0 Å². The van der Waals surface area contributed by atoms with Crippen LogP contribution in [-0.2, 0) is 28.7 Å². The van der Waals surface area contributed by atoms with Gasteiger partial charge < -0.3 is 9.88 Å². The van der Waals surface area contributed by atoms with E-state index in [0.717, 1.165) is 0 Å². The predicted octanol–water partition coefficient (Wildman–Crippen LogP) is 2.86. The van der Waals surface area contributed by atoms with Crippen LogP contribution in [0.3, 0.4) is 0 Å². The van der Waals surface area contributed by atoms with Gasteiger partial charge in [-0.1, -0.05) is 30.3 Å². The highest BCUT2D eigenvalue weighted by Crippen LogP contribution is 2.17. The summed E-state index contributed by atoms with van der Waals surface area (Å²) in [4.78, 5) is 12.7. The van der Waals surface area contributed by atoms with Crippen LogP contribution in [0.25, 0.3) is 0 Å². The average molecular weight is 417 g/mol. The summed E-state index contributed by atoms with van der Waals surface area (Å²) in [6.07, 6.45) is 0. The number of aromatic nitrogens is 3. The second-order valence-electron chi connectivity index (χ2n) is 6.14. The minimum atomic E-state index is -3.48. The van der Waals surface area contributed by atoms with E-state index < -0.39 is 9.84 Å². The molecule has 0 spiro atoms. The van der Waals surface area contributed by atoms with E-state index in [-0.39, 0.29) is 23.1 Å². The van der Waals surface area contributed by atoms with E-state index in [1.54, 1.807) is 59.2 Å². The Morgan fingerprint density at radius 2 is 1.93 bits per heavy atom. The minimum Gasteiger partial charge on any atom is -0.345 e. The predicted molar refractivity (Wildman–Crippen MR) is 108 cm³/mol. The second kappa shape index (κ2) is 8.49. The quantitative estimate of drug-likeness (QED) is 0.577. The molecule has 0 saturated heterocycles. The number of carbonyl (C=O) groups excluding carboxylic acids is 1. The molecule has 7 nitrogen and oxygen atoms in total. The summed E-state index contributed by atoms with van der Waals surface area (Å²) in [6.45, 7) is 2.80. The maximum absolute atomic E-state index is 12.5. The Bertz CT molecular complexity index is 1140. The maximum Gasteiger partial charge on any atom is 0.251 e. The van der Waals surface area contributed by atoms with Crippen molar-refractivity contribution in [2.24, 2.45) is 0 Å². The van der Waals surface area contributed by atoms with Crippen molar-refractivity contribution in [3.8, 4) is 0 Å². The largest absolute Gasteiger partial charge is 0.345 e. The summed E-state index contributed by atoms with van der Waals surface area (Å²) >= 11 is 5.13. The number of aromatic amines is 1. The van der Waals surface area contributed by atoms with Gasteiger partial charge in [0.25, 0.3) is 5.91 Å². The van der Waals surface area contributed by atoms with Gasteiger partial charge in [-0.05, 0) is 49.0 Å². The first-order chi connectivity index (χ1) is 13.4. The first-order valence-corrected chi connectivity index (χ1v) is 10.8. The molecule has 2 N–H and O–H groups in total. The Morgan fingerprint density at radius 3 is 2.64 bits per heavy atom. The van der Waals surface area contributed by atoms with Gasteiger partial charge in [0.2, 0.25) is 0 Å². The highest BCUT2D eigenvalue weighted by molar-refractivity contribution is 7.90. The Morgan fingerprint density at radius 1 is 1.18 bits per heavy atom. The Labute approximate surface area is 168 Å². The highest BCUT2D eigenvalue weighted by atomic mass is 32.2. The molecule has 0 unspecified atom stereocenters. The SMILES string of the molecule is CCn1c(CNC(=O)c2cccc(CS(=O)(=O)c3ccccc3)c2)n[nH]c1=S. The van der Waals surface area contributed by atoms with Crippen LogP contribution >= 0.6 is 12.2 Å². The van der Waals surface area contributed by atoms with Gasteiger partial charge >= 0.3 is 0 Å². The van der Waals surface area contributed by atoms with Gasteiger partial charge in [0, 0.05) is 12.1 Å². The Kier molecular flexibility index (Phi) is 6.05. The molecule has 0 bridgehead atoms. The third-order valence-electron chi connectivity index (χ3n) is 4.21. The second-order valence-corrected chi connectivity index (χ2v) is 8.52. The van der Waals surface area contributed by atoms with Gasteiger partial charge in [-0.3, -0.25) is 9.89 Å². The lowest BCUT2D eigenvalue weighted by Gasteiger charge is -2.08. The Balaban J connectivity index is 1.72. The number of hydrogen-bond donors (Lipinski definition) is 2. The lowest BCUT2D eigenvalue weighted by molar-refractivity contribution is 0.0949. The number of carbonyl (C=O) groups is 1. The fourth-order valence-electron chi connectivity index (χ4n) is 2.81. The van der Waals surface area contributed by atoms with Crippen molar-refractivity contribution in [3.05, 3.63) is 76.3 Å². The highest BCUT2D eigenvalue weighted by Gasteiger charge is 2.16. The van der Waals surface area contributed by atoms with Crippen LogP contribution in [0.1, 0.15) is 28.7 Å². The molecule has 0 atom stereocenters. The smallest absolute Gasteiger partial charge is 0.251 e. The van der Waals surface area contributed by atoms with Crippen LogP contribution in [-0.4, -0.2) is 29.1 Å². The van der Waals surface area contributed by atoms with Gasteiger partial charge in [-0.25, -0.2) is 8.42 Å². The molecule has 0 aliphatic rings. The molecule has 1 aromatic heterocycles. The number of benzene rings is 2. The van der Waals surface area contributed by atoms with Gasteiger partial charge in [0.1, 0.15) is 0 Å². The number of sulfone groups is 1. The molecule has 28 heavy (non-hydrogen) atoms. The van der Waals surface area contributed by atoms with Crippen molar-refractivity contribution in [3.63, 3.8) is 0 Å². The van der Waals surface area contributed by atoms with Crippen molar-refractivity contribution < 1.29 is 13.2 Å². The van der Waals surface area contributed by atoms with Crippen LogP contribution in [0, 0.1) is 4.77 Å². The summed E-state index contributed by atoms with van der Waals surface area (Å²) in [5.41, 5.74) is 0.936. The number of H-pyrrole nitrogens is 1. The van der Waals surface area contributed by atoms with Gasteiger partial charge in [-0.15, -0.1) is 0 Å². The number of nitrogens with one attached hydrogen (secondary N) is 2. The van der Waals surface area contributed by atoms with Crippen molar-refractivity contribution in [1.29, 1.82) is 0 Å². The lowest BCUT2D eigenvalue weighted by atomic mass is 10.1. The van der Waals surface area contributed by atoms with E-state index in [9.17, 15) is 13.2 Å². The fraction of sp³-hybridized carbons (Fsp3) is 0.211. The molecule has 0 fully saturated rings. The van der Waals surface area contributed by atoms with Crippen molar-refractivity contribution in [2.75, 3.05) is 0 Å². The number of hydrogen-bond acceptors (Lipinski definition) is 5. The van der Waals surface area contributed by atoms with E-state index in [4.69, 9.17) is 12.2 Å². The van der Waals surface area contributed by atoms with Crippen LogP contribution in [0.5, 0.6) is 0 Å². The number of amides is 1. The molecular weight excluding hydrogens is 396 g/mol. The van der Waals surface area contributed by atoms with E-state index in [2.05, 4.69) is 15.5 Å². The molecule has 3 rings (SSSR count). The van der Waals surface area contributed by atoms with Crippen molar-refractivity contribution >= 4 is 28.0 Å². The average Bonchev–Trinajstić information content (AvgIpc) is 3.06.